The van der Waals surface area contributed by atoms with Crippen molar-refractivity contribution in [1.29, 1.82) is 0 Å². The van der Waals surface area contributed by atoms with Crippen LogP contribution in [0.4, 0.5) is 5.69 Å². The quantitative estimate of drug-likeness (QED) is 0.656. The zero-order chi connectivity index (χ0) is 18.8. The number of carbonyl (C=O) groups is 1. The molecule has 0 spiro atoms. The molecular formula is C21H27NO4. The number of amides is 1. The van der Waals surface area contributed by atoms with Gasteiger partial charge in [0.1, 0.15) is 17.2 Å². The van der Waals surface area contributed by atoms with Crippen LogP contribution < -0.4 is 19.5 Å². The van der Waals surface area contributed by atoms with Crippen LogP contribution in [-0.2, 0) is 0 Å². The molecule has 0 radical (unpaired) electrons. The lowest BCUT2D eigenvalue weighted by molar-refractivity contribution is 0.102. The van der Waals surface area contributed by atoms with Gasteiger partial charge in [0.25, 0.3) is 5.91 Å². The van der Waals surface area contributed by atoms with Crippen LogP contribution in [0.1, 0.15) is 44.0 Å². The summed E-state index contributed by atoms with van der Waals surface area (Å²) in [6.45, 7) is 7.81. The second-order valence-electron chi connectivity index (χ2n) is 5.80. The Morgan fingerprint density at radius 3 is 1.88 bits per heavy atom. The van der Waals surface area contributed by atoms with Crippen molar-refractivity contribution in [3.05, 3.63) is 48.0 Å². The van der Waals surface area contributed by atoms with Gasteiger partial charge in [-0.25, -0.2) is 0 Å². The van der Waals surface area contributed by atoms with Crippen molar-refractivity contribution in [1.82, 2.24) is 0 Å². The smallest absolute Gasteiger partial charge is 0.255 e. The van der Waals surface area contributed by atoms with Crippen molar-refractivity contribution in [2.24, 2.45) is 0 Å². The molecule has 2 rings (SSSR count). The molecule has 26 heavy (non-hydrogen) atoms. The fraction of sp³-hybridized carbons (Fsp3) is 0.381. The molecule has 0 aliphatic rings. The van der Waals surface area contributed by atoms with Crippen molar-refractivity contribution in [3.8, 4) is 17.2 Å². The van der Waals surface area contributed by atoms with Crippen LogP contribution in [0.5, 0.6) is 17.2 Å². The Kier molecular flexibility index (Phi) is 7.80. The Bertz CT molecular complexity index is 671. The summed E-state index contributed by atoms with van der Waals surface area (Å²) in [6.07, 6.45) is 1.79. The van der Waals surface area contributed by atoms with Crippen molar-refractivity contribution >= 4 is 11.6 Å². The summed E-state index contributed by atoms with van der Waals surface area (Å²) < 4.78 is 16.8. The molecule has 0 aromatic heterocycles. The molecule has 140 valence electrons. The molecule has 2 aromatic carbocycles. The zero-order valence-electron chi connectivity index (χ0n) is 15.7. The monoisotopic (exact) mass is 357 g/mol. The molecule has 0 heterocycles. The average molecular weight is 357 g/mol. The second-order valence-corrected chi connectivity index (χ2v) is 5.80. The molecule has 2 aromatic rings. The highest BCUT2D eigenvalue weighted by atomic mass is 16.5. The van der Waals surface area contributed by atoms with E-state index >= 15 is 0 Å². The van der Waals surface area contributed by atoms with Gasteiger partial charge < -0.3 is 19.5 Å². The SMILES string of the molecule is CCCOc1cc(OCCC)cc(C(=O)Nc2ccc(OCC)cc2)c1. The van der Waals surface area contributed by atoms with E-state index < -0.39 is 0 Å². The number of nitrogens with one attached hydrogen (secondary N) is 1. The molecule has 0 bridgehead atoms. The van der Waals surface area contributed by atoms with Gasteiger partial charge in [-0.05, 0) is 56.2 Å². The molecule has 1 amide bonds. The molecule has 5 heteroatoms. The maximum Gasteiger partial charge on any atom is 0.255 e. The van der Waals surface area contributed by atoms with Gasteiger partial charge in [-0.2, -0.15) is 0 Å². The van der Waals surface area contributed by atoms with Crippen LogP contribution in [0.3, 0.4) is 0 Å². The van der Waals surface area contributed by atoms with Gasteiger partial charge in [-0.1, -0.05) is 13.8 Å². The van der Waals surface area contributed by atoms with E-state index in [0.717, 1.165) is 18.6 Å². The maximum absolute atomic E-state index is 12.6. The van der Waals surface area contributed by atoms with Gasteiger partial charge in [-0.3, -0.25) is 4.79 Å². The van der Waals surface area contributed by atoms with E-state index in [1.165, 1.54) is 0 Å². The number of hydrogen-bond donors (Lipinski definition) is 1. The van der Waals surface area contributed by atoms with Crippen molar-refractivity contribution in [2.45, 2.75) is 33.6 Å². The van der Waals surface area contributed by atoms with Crippen LogP contribution in [-0.4, -0.2) is 25.7 Å². The number of anilines is 1. The first kappa shape index (κ1) is 19.6. The summed E-state index contributed by atoms with van der Waals surface area (Å²) >= 11 is 0. The number of ether oxygens (including phenoxy) is 3. The highest BCUT2D eigenvalue weighted by molar-refractivity contribution is 6.04. The van der Waals surface area contributed by atoms with Crippen molar-refractivity contribution < 1.29 is 19.0 Å². The lowest BCUT2D eigenvalue weighted by atomic mass is 10.1. The molecular weight excluding hydrogens is 330 g/mol. The third-order valence-corrected chi connectivity index (χ3v) is 3.51. The van der Waals surface area contributed by atoms with Gasteiger partial charge in [0.2, 0.25) is 0 Å². The Labute approximate surface area is 155 Å². The predicted molar refractivity (Wildman–Crippen MR) is 104 cm³/mol. The third-order valence-electron chi connectivity index (χ3n) is 3.51. The molecule has 5 nitrogen and oxygen atoms in total. The molecule has 0 unspecified atom stereocenters. The molecule has 0 atom stereocenters. The van der Waals surface area contributed by atoms with E-state index in [1.807, 2.05) is 51.1 Å². The summed E-state index contributed by atoms with van der Waals surface area (Å²) in [7, 11) is 0. The summed E-state index contributed by atoms with van der Waals surface area (Å²) in [5.74, 6) is 1.84. The summed E-state index contributed by atoms with van der Waals surface area (Å²) in [5, 5.41) is 2.89. The summed E-state index contributed by atoms with van der Waals surface area (Å²) in [5.41, 5.74) is 1.20. The lowest BCUT2D eigenvalue weighted by Crippen LogP contribution is -2.12. The minimum absolute atomic E-state index is 0.211. The fourth-order valence-electron chi connectivity index (χ4n) is 2.31. The standard InChI is InChI=1S/C21H27NO4/c1-4-11-25-19-13-16(14-20(15-19)26-12-5-2)21(23)22-17-7-9-18(10-8-17)24-6-3/h7-10,13-15H,4-6,11-12H2,1-3H3,(H,22,23). The number of benzene rings is 2. The number of hydrogen-bond acceptors (Lipinski definition) is 4. The largest absolute Gasteiger partial charge is 0.494 e. The highest BCUT2D eigenvalue weighted by Crippen LogP contribution is 2.25. The Balaban J connectivity index is 2.14. The van der Waals surface area contributed by atoms with Crippen LogP contribution in [0.15, 0.2) is 42.5 Å². The summed E-state index contributed by atoms with van der Waals surface area (Å²) in [4.78, 5) is 12.6. The minimum Gasteiger partial charge on any atom is -0.494 e. The first-order valence-corrected chi connectivity index (χ1v) is 9.11. The Morgan fingerprint density at radius 2 is 1.38 bits per heavy atom. The van der Waals surface area contributed by atoms with E-state index in [9.17, 15) is 4.79 Å². The molecule has 0 aliphatic carbocycles. The first-order chi connectivity index (χ1) is 12.7. The lowest BCUT2D eigenvalue weighted by Gasteiger charge is -2.12. The molecule has 1 N–H and O–H groups in total. The van der Waals surface area contributed by atoms with Crippen LogP contribution in [0.2, 0.25) is 0 Å². The molecule has 0 fully saturated rings. The normalized spacial score (nSPS) is 10.3. The van der Waals surface area contributed by atoms with E-state index in [2.05, 4.69) is 5.32 Å². The minimum atomic E-state index is -0.211. The van der Waals surface area contributed by atoms with Gasteiger partial charge >= 0.3 is 0 Å². The molecule has 0 aliphatic heterocycles. The van der Waals surface area contributed by atoms with E-state index in [1.54, 1.807) is 12.1 Å². The Morgan fingerprint density at radius 1 is 0.808 bits per heavy atom. The second kappa shape index (κ2) is 10.3. The number of carbonyl (C=O) groups excluding carboxylic acids is 1. The third kappa shape index (κ3) is 5.99. The highest BCUT2D eigenvalue weighted by Gasteiger charge is 2.11. The van der Waals surface area contributed by atoms with Gasteiger partial charge in [0.05, 0.1) is 19.8 Å². The molecule has 0 saturated carbocycles. The van der Waals surface area contributed by atoms with Crippen molar-refractivity contribution in [3.63, 3.8) is 0 Å². The zero-order valence-corrected chi connectivity index (χ0v) is 15.7. The first-order valence-electron chi connectivity index (χ1n) is 9.11. The average Bonchev–Trinajstić information content (AvgIpc) is 2.66. The van der Waals surface area contributed by atoms with E-state index in [4.69, 9.17) is 14.2 Å². The fourth-order valence-corrected chi connectivity index (χ4v) is 2.31. The van der Waals surface area contributed by atoms with E-state index in [0.29, 0.717) is 42.6 Å². The Hall–Kier alpha value is -2.69. The van der Waals surface area contributed by atoms with Gasteiger partial charge in [0, 0.05) is 17.3 Å². The van der Waals surface area contributed by atoms with Crippen LogP contribution >= 0.6 is 0 Å². The van der Waals surface area contributed by atoms with Crippen molar-refractivity contribution in [2.75, 3.05) is 25.1 Å². The van der Waals surface area contributed by atoms with Crippen LogP contribution in [0.25, 0.3) is 0 Å². The van der Waals surface area contributed by atoms with Gasteiger partial charge in [-0.15, -0.1) is 0 Å². The summed E-state index contributed by atoms with van der Waals surface area (Å²) in [6, 6.07) is 12.6. The van der Waals surface area contributed by atoms with E-state index in [-0.39, 0.29) is 5.91 Å². The van der Waals surface area contributed by atoms with Gasteiger partial charge in [0.15, 0.2) is 0 Å². The van der Waals surface area contributed by atoms with Crippen LogP contribution in [0, 0.1) is 0 Å². The molecule has 0 saturated heterocycles. The number of rotatable bonds is 10. The predicted octanol–water partition coefficient (Wildman–Crippen LogP) is 4.92. The maximum atomic E-state index is 12.6. The topological polar surface area (TPSA) is 56.8 Å².